The third kappa shape index (κ3) is 6.46. The Labute approximate surface area is 87.3 Å². The number of halogens is 6. The van der Waals surface area contributed by atoms with Crippen molar-refractivity contribution in [2.24, 2.45) is 0 Å². The van der Waals surface area contributed by atoms with Gasteiger partial charge in [0, 0.05) is 0 Å². The number of alkyl halides is 6. The Morgan fingerprint density at radius 3 is 2.00 bits per heavy atom. The van der Waals surface area contributed by atoms with Gasteiger partial charge >= 0.3 is 6.11 Å². The molecular weight excluding hydrogens is 260 g/mol. The molecule has 0 radical (unpaired) electrons. The van der Waals surface area contributed by atoms with Crippen molar-refractivity contribution in [1.29, 1.82) is 0 Å². The molecule has 0 rings (SSSR count). The molecule has 0 aliphatic heterocycles. The van der Waals surface area contributed by atoms with E-state index in [-0.39, 0.29) is 0 Å². The summed E-state index contributed by atoms with van der Waals surface area (Å²) in [4.78, 5) is 0. The van der Waals surface area contributed by atoms with Crippen molar-refractivity contribution in [1.82, 2.24) is 0 Å². The Morgan fingerprint density at radius 2 is 1.75 bits per heavy atom. The van der Waals surface area contributed by atoms with Gasteiger partial charge in [0.15, 0.2) is 0 Å². The highest BCUT2D eigenvalue weighted by Gasteiger charge is 2.38. The van der Waals surface area contributed by atoms with E-state index in [4.69, 9.17) is 51.5 Å². The number of hydrogen-bond donors (Lipinski definition) is 1. The van der Waals surface area contributed by atoms with E-state index in [1.165, 1.54) is 0 Å². The van der Waals surface area contributed by atoms with Crippen LogP contribution in [0, 0.1) is 0 Å². The Kier molecular flexibility index (Phi) is 4.79. The van der Waals surface area contributed by atoms with Gasteiger partial charge in [-0.05, 0) is 0 Å². The van der Waals surface area contributed by atoms with E-state index in [1.807, 2.05) is 0 Å². The van der Waals surface area contributed by atoms with Gasteiger partial charge in [0.25, 0.3) is 0 Å². The second kappa shape index (κ2) is 4.44. The molecule has 0 aliphatic carbocycles. The van der Waals surface area contributed by atoms with Gasteiger partial charge in [-0.1, -0.05) is 46.4 Å². The number of rotatable bonds is 3. The van der Waals surface area contributed by atoms with Crippen LogP contribution in [0.15, 0.2) is 0 Å². The predicted octanol–water partition coefficient (Wildman–Crippen LogP) is 2.52. The van der Waals surface area contributed by atoms with Crippen molar-refractivity contribution in [3.63, 3.8) is 0 Å². The van der Waals surface area contributed by atoms with Gasteiger partial charge in [-0.3, -0.25) is 0 Å². The Balaban J connectivity index is 3.80. The minimum absolute atomic E-state index is 0.637. The zero-order valence-electron chi connectivity index (χ0n) is 5.41. The molecule has 8 heteroatoms. The molecule has 0 saturated heterocycles. The fourth-order valence-corrected chi connectivity index (χ4v) is 0.520. The summed E-state index contributed by atoms with van der Waals surface area (Å²) in [5, 5.41) is 7.96. The van der Waals surface area contributed by atoms with Crippen LogP contribution >= 0.6 is 46.4 Å². The third-order valence-corrected chi connectivity index (χ3v) is 1.38. The molecule has 0 aromatic rings. The number of hydrogen-bond acceptors (Lipinski definition) is 2. The summed E-state index contributed by atoms with van der Waals surface area (Å²) >= 11 is 20.3. The first-order valence-electron chi connectivity index (χ1n) is 2.55. The molecule has 0 heterocycles. The summed E-state index contributed by atoms with van der Waals surface area (Å²) in [5.74, 6) is 0. The molecule has 0 aromatic carbocycles. The van der Waals surface area contributed by atoms with Gasteiger partial charge in [0.1, 0.15) is 0 Å². The Hall–Kier alpha value is 0.940. The first-order chi connectivity index (χ1) is 5.13. The molecule has 0 aromatic heterocycles. The lowest BCUT2D eigenvalue weighted by atomic mass is 10.6. The molecule has 1 atom stereocenters. The molecule has 0 fully saturated rings. The fraction of sp³-hybridized carbons (Fsp3) is 1.00. The second-order valence-electron chi connectivity index (χ2n) is 1.83. The summed E-state index contributed by atoms with van der Waals surface area (Å²) in [6, 6.07) is 0. The first kappa shape index (κ1) is 12.9. The van der Waals surface area contributed by atoms with E-state index < -0.39 is 22.1 Å². The van der Waals surface area contributed by atoms with Crippen LogP contribution in [0.3, 0.4) is 0 Å². The average molecular weight is 264 g/mol. The zero-order valence-corrected chi connectivity index (χ0v) is 8.43. The molecule has 2 nitrogen and oxygen atoms in total. The highest BCUT2D eigenvalue weighted by Crippen LogP contribution is 2.29. The van der Waals surface area contributed by atoms with Gasteiger partial charge in [-0.25, -0.2) is 0 Å². The zero-order chi connectivity index (χ0) is 9.99. The molecule has 0 spiro atoms. The maximum Gasteiger partial charge on any atom is 0.393 e. The smallest absolute Gasteiger partial charge is 0.350 e. The maximum atomic E-state index is 11.9. The van der Waals surface area contributed by atoms with Crippen molar-refractivity contribution in [3.05, 3.63) is 0 Å². The lowest BCUT2D eigenvalue weighted by Crippen LogP contribution is -2.33. The van der Waals surface area contributed by atoms with Crippen LogP contribution in [-0.4, -0.2) is 27.2 Å². The Bertz CT molecular complexity index is 143. The summed E-state index contributed by atoms with van der Waals surface area (Å²) in [7, 11) is 0. The molecule has 0 amide bonds. The average Bonchev–Trinajstić information content (AvgIpc) is 1.78. The first-order valence-corrected chi connectivity index (χ1v) is 4.12. The predicted molar refractivity (Wildman–Crippen MR) is 43.0 cm³/mol. The van der Waals surface area contributed by atoms with Gasteiger partial charge in [-0.2, -0.15) is 8.78 Å². The normalized spacial score (nSPS) is 16.2. The highest BCUT2D eigenvalue weighted by molar-refractivity contribution is 6.67. The van der Waals surface area contributed by atoms with Gasteiger partial charge in [-0.15, -0.1) is 0 Å². The van der Waals surface area contributed by atoms with E-state index in [1.54, 1.807) is 0 Å². The largest absolute Gasteiger partial charge is 0.393 e. The van der Waals surface area contributed by atoms with E-state index in [9.17, 15) is 8.78 Å². The topological polar surface area (TPSA) is 29.5 Å². The molecule has 0 aliphatic rings. The third-order valence-electron chi connectivity index (χ3n) is 0.666. The summed E-state index contributed by atoms with van der Waals surface area (Å²) in [5.41, 5.74) is -2.23. The minimum atomic E-state index is -4.16. The lowest BCUT2D eigenvalue weighted by Gasteiger charge is -2.18. The molecule has 12 heavy (non-hydrogen) atoms. The van der Waals surface area contributed by atoms with Gasteiger partial charge < -0.3 is 9.84 Å². The van der Waals surface area contributed by atoms with Crippen LogP contribution < -0.4 is 0 Å². The minimum Gasteiger partial charge on any atom is -0.350 e. The number of aliphatic hydroxyl groups is 1. The molecular formula is C4H4Cl4F2O2. The molecule has 74 valence electrons. The fourth-order valence-electron chi connectivity index (χ4n) is 0.268. The Morgan fingerprint density at radius 1 is 1.33 bits per heavy atom. The molecule has 1 N–H and O–H groups in total. The van der Waals surface area contributed by atoms with Crippen LogP contribution in [0.25, 0.3) is 0 Å². The van der Waals surface area contributed by atoms with E-state index in [0.717, 1.165) is 0 Å². The van der Waals surface area contributed by atoms with Crippen LogP contribution in [0.2, 0.25) is 0 Å². The lowest BCUT2D eigenvalue weighted by molar-refractivity contribution is -0.246. The van der Waals surface area contributed by atoms with Crippen molar-refractivity contribution < 1.29 is 18.6 Å². The molecule has 1 unspecified atom stereocenters. The summed E-state index contributed by atoms with van der Waals surface area (Å²) in [6.07, 6.45) is -4.16. The van der Waals surface area contributed by atoms with Crippen LogP contribution in [0.5, 0.6) is 0 Å². The highest BCUT2D eigenvalue weighted by atomic mass is 35.6. The summed E-state index contributed by atoms with van der Waals surface area (Å²) < 4.78 is 26.0. The van der Waals surface area contributed by atoms with Crippen LogP contribution in [-0.2, 0) is 4.74 Å². The van der Waals surface area contributed by atoms with Crippen molar-refractivity contribution in [3.8, 4) is 0 Å². The maximum absolute atomic E-state index is 11.9. The van der Waals surface area contributed by atoms with Gasteiger partial charge in [0.2, 0.25) is 9.36 Å². The number of ether oxygens (including phenoxy) is 1. The second-order valence-corrected chi connectivity index (χ2v) is 4.74. The van der Waals surface area contributed by atoms with E-state index in [0.29, 0.717) is 0 Å². The van der Waals surface area contributed by atoms with E-state index >= 15 is 0 Å². The monoisotopic (exact) mass is 262 g/mol. The van der Waals surface area contributed by atoms with Gasteiger partial charge in [0.05, 0.1) is 6.61 Å². The van der Waals surface area contributed by atoms with Crippen LogP contribution in [0.1, 0.15) is 0 Å². The summed E-state index contributed by atoms with van der Waals surface area (Å²) in [6.45, 7) is -0.637. The van der Waals surface area contributed by atoms with Crippen LogP contribution in [0.4, 0.5) is 8.78 Å². The quantitative estimate of drug-likeness (QED) is 0.793. The van der Waals surface area contributed by atoms with E-state index in [2.05, 4.69) is 4.74 Å². The molecule has 0 saturated carbocycles. The van der Waals surface area contributed by atoms with Crippen molar-refractivity contribution >= 4 is 46.4 Å². The SMILES string of the molecule is OC(F)(F)C(Cl)OCC(Cl)(Cl)Cl. The standard InChI is InChI=1S/C4H4Cl4F2O2/c5-2(4(9,10)11)12-1-3(6,7)8/h2,11H,1H2. The van der Waals surface area contributed by atoms with Crippen molar-refractivity contribution in [2.75, 3.05) is 6.61 Å². The molecule has 0 bridgehead atoms. The van der Waals surface area contributed by atoms with Crippen molar-refractivity contribution in [2.45, 2.75) is 15.5 Å².